The van der Waals surface area contributed by atoms with Crippen molar-refractivity contribution in [1.29, 1.82) is 0 Å². The zero-order valence-electron chi connectivity index (χ0n) is 27.9. The van der Waals surface area contributed by atoms with Crippen molar-refractivity contribution >= 4 is 47.0 Å². The molecule has 0 fully saturated rings. The molecular formula is C40H42O6S2. The molecule has 0 N–H and O–H groups in total. The van der Waals surface area contributed by atoms with Crippen LogP contribution in [0, 0.1) is 27.7 Å². The van der Waals surface area contributed by atoms with E-state index in [2.05, 4.69) is 0 Å². The highest BCUT2D eigenvalue weighted by Gasteiger charge is 2.25. The molecule has 48 heavy (non-hydrogen) atoms. The molecule has 0 heterocycles. The fraction of sp³-hybridized carbons (Fsp3) is 0.300. The van der Waals surface area contributed by atoms with Gasteiger partial charge in [0.1, 0.15) is 0 Å². The second-order valence-corrected chi connectivity index (χ2v) is 14.0. The van der Waals surface area contributed by atoms with Gasteiger partial charge in [-0.25, -0.2) is 0 Å². The van der Waals surface area contributed by atoms with Gasteiger partial charge in [-0.2, -0.15) is 0 Å². The first-order valence-electron chi connectivity index (χ1n) is 16.0. The highest BCUT2D eigenvalue weighted by molar-refractivity contribution is 8.01. The highest BCUT2D eigenvalue weighted by Crippen LogP contribution is 2.34. The van der Waals surface area contributed by atoms with Crippen molar-refractivity contribution in [3.05, 3.63) is 142 Å². The van der Waals surface area contributed by atoms with Crippen molar-refractivity contribution in [2.24, 2.45) is 0 Å². The zero-order chi connectivity index (χ0) is 34.5. The molecule has 0 spiro atoms. The van der Waals surface area contributed by atoms with Gasteiger partial charge >= 0.3 is 11.9 Å². The van der Waals surface area contributed by atoms with E-state index >= 15 is 0 Å². The minimum atomic E-state index is -0.532. The Kier molecular flexibility index (Phi) is 14.1. The minimum absolute atomic E-state index is 0.0335. The van der Waals surface area contributed by atoms with E-state index in [1.54, 1.807) is 0 Å². The summed E-state index contributed by atoms with van der Waals surface area (Å²) in [5, 5.41) is -1.06. The minimum Gasteiger partial charge on any atom is -0.465 e. The SMILES string of the molecule is Cc1ccc(C(=O)C(SCC(=O)OCCCCOC(=O)CSC(C(=O)c2ccc(C)cc2)c2ccc(C)cc2)c2ccc(C)cc2)cc1. The van der Waals surface area contributed by atoms with Crippen molar-refractivity contribution in [1.82, 2.24) is 0 Å². The Labute approximate surface area is 292 Å². The van der Waals surface area contributed by atoms with E-state index in [1.165, 1.54) is 23.5 Å². The molecular weight excluding hydrogens is 641 g/mol. The van der Waals surface area contributed by atoms with Gasteiger partial charge in [0, 0.05) is 11.1 Å². The van der Waals surface area contributed by atoms with Crippen LogP contribution in [0.15, 0.2) is 97.1 Å². The summed E-state index contributed by atoms with van der Waals surface area (Å²) in [4.78, 5) is 51.9. The molecule has 0 saturated heterocycles. The molecule has 2 unspecified atom stereocenters. The third kappa shape index (κ3) is 11.2. The number of rotatable bonds is 17. The van der Waals surface area contributed by atoms with Crippen molar-refractivity contribution in [3.8, 4) is 0 Å². The summed E-state index contributed by atoms with van der Waals surface area (Å²) >= 11 is 2.51. The highest BCUT2D eigenvalue weighted by atomic mass is 32.2. The normalized spacial score (nSPS) is 12.2. The quantitative estimate of drug-likeness (QED) is 0.0621. The third-order valence-corrected chi connectivity index (χ3v) is 10.2. The number of carbonyl (C=O) groups excluding carboxylic acids is 4. The number of carbonyl (C=O) groups is 4. The lowest BCUT2D eigenvalue weighted by atomic mass is 10.0. The Hall–Kier alpha value is -4.14. The Morgan fingerprint density at radius 3 is 1.08 bits per heavy atom. The van der Waals surface area contributed by atoms with Crippen LogP contribution in [0.1, 0.15) is 77.4 Å². The van der Waals surface area contributed by atoms with Crippen LogP contribution in [-0.4, -0.2) is 48.2 Å². The molecule has 0 bridgehead atoms. The van der Waals surface area contributed by atoms with Gasteiger partial charge in [0.15, 0.2) is 11.6 Å². The monoisotopic (exact) mass is 682 g/mol. The van der Waals surface area contributed by atoms with Crippen molar-refractivity contribution in [3.63, 3.8) is 0 Å². The van der Waals surface area contributed by atoms with Crippen molar-refractivity contribution < 1.29 is 28.7 Å². The fourth-order valence-corrected chi connectivity index (χ4v) is 6.88. The molecule has 6 nitrogen and oxygen atoms in total. The smallest absolute Gasteiger partial charge is 0.315 e. The van der Waals surface area contributed by atoms with Gasteiger partial charge in [-0.3, -0.25) is 19.2 Å². The Bertz CT molecular complexity index is 1540. The topological polar surface area (TPSA) is 86.7 Å². The van der Waals surface area contributed by atoms with Gasteiger partial charge < -0.3 is 9.47 Å². The average Bonchev–Trinajstić information content (AvgIpc) is 3.08. The van der Waals surface area contributed by atoms with Gasteiger partial charge in [0.2, 0.25) is 0 Å². The Morgan fingerprint density at radius 1 is 0.479 bits per heavy atom. The predicted molar refractivity (Wildman–Crippen MR) is 195 cm³/mol. The first-order valence-corrected chi connectivity index (χ1v) is 18.1. The molecule has 8 heteroatoms. The molecule has 0 amide bonds. The first kappa shape index (κ1) is 36.7. The maximum Gasteiger partial charge on any atom is 0.315 e. The van der Waals surface area contributed by atoms with Gasteiger partial charge in [0.25, 0.3) is 0 Å². The number of unbranched alkanes of at least 4 members (excludes halogenated alkanes) is 1. The van der Waals surface area contributed by atoms with Crippen LogP contribution in [0.4, 0.5) is 0 Å². The van der Waals surface area contributed by atoms with Crippen LogP contribution in [-0.2, 0) is 19.1 Å². The summed E-state index contributed by atoms with van der Waals surface area (Å²) in [7, 11) is 0. The standard InChI is InChI=1S/C40H42O6S2/c1-27-7-15-31(16-8-27)37(43)39(33-19-11-29(3)12-20-33)47-25-35(41)45-23-5-6-24-46-36(42)26-48-40(34-21-13-30(4)14-22-34)38(44)32-17-9-28(2)10-18-32/h7-22,39-40H,5-6,23-26H2,1-4H3. The number of thioether (sulfide) groups is 2. The Morgan fingerprint density at radius 2 is 0.771 bits per heavy atom. The van der Waals surface area contributed by atoms with E-state index in [-0.39, 0.29) is 36.3 Å². The molecule has 4 rings (SSSR count). The Balaban J connectivity index is 1.19. The molecule has 0 aliphatic heterocycles. The van der Waals surface area contributed by atoms with Crippen molar-refractivity contribution in [2.45, 2.75) is 51.0 Å². The lowest BCUT2D eigenvalue weighted by Crippen LogP contribution is -2.16. The maximum absolute atomic E-state index is 13.4. The van der Waals surface area contributed by atoms with Gasteiger partial charge in [-0.1, -0.05) is 119 Å². The molecule has 4 aromatic carbocycles. The predicted octanol–water partition coefficient (Wildman–Crippen LogP) is 8.80. The zero-order valence-corrected chi connectivity index (χ0v) is 29.5. The second kappa shape index (κ2) is 18.4. The largest absolute Gasteiger partial charge is 0.465 e. The van der Waals surface area contributed by atoms with Crippen LogP contribution in [0.2, 0.25) is 0 Å². The summed E-state index contributed by atoms with van der Waals surface area (Å²) < 4.78 is 10.8. The van der Waals surface area contributed by atoms with E-state index in [0.29, 0.717) is 24.0 Å². The number of Topliss-reactive ketones (excluding diaryl/α,β-unsaturated/α-hetero) is 2. The van der Waals surface area contributed by atoms with Crippen LogP contribution in [0.3, 0.4) is 0 Å². The number of hydrogen-bond acceptors (Lipinski definition) is 8. The summed E-state index contributed by atoms with van der Waals surface area (Å²) in [6.45, 7) is 8.30. The van der Waals surface area contributed by atoms with E-state index in [4.69, 9.17) is 9.47 Å². The lowest BCUT2D eigenvalue weighted by molar-refractivity contribution is -0.142. The van der Waals surface area contributed by atoms with Crippen LogP contribution in [0.5, 0.6) is 0 Å². The molecule has 2 atom stereocenters. The number of hydrogen-bond donors (Lipinski definition) is 0. The van der Waals surface area contributed by atoms with Gasteiger partial charge in [-0.05, 0) is 51.7 Å². The summed E-state index contributed by atoms with van der Waals surface area (Å²) in [5.74, 6) is -0.842. The maximum atomic E-state index is 13.4. The van der Waals surface area contributed by atoms with Crippen molar-refractivity contribution in [2.75, 3.05) is 24.7 Å². The summed E-state index contributed by atoms with van der Waals surface area (Å²) in [5.41, 5.74) is 7.21. The average molecular weight is 683 g/mol. The summed E-state index contributed by atoms with van der Waals surface area (Å²) in [6, 6.07) is 30.4. The van der Waals surface area contributed by atoms with Crippen LogP contribution in [0.25, 0.3) is 0 Å². The molecule has 0 aliphatic rings. The van der Waals surface area contributed by atoms with E-state index in [1.807, 2.05) is 125 Å². The van der Waals surface area contributed by atoms with E-state index < -0.39 is 22.4 Å². The number of benzene rings is 4. The number of ketones is 2. The van der Waals surface area contributed by atoms with E-state index in [9.17, 15) is 19.2 Å². The number of ether oxygens (including phenoxy) is 2. The lowest BCUT2D eigenvalue weighted by Gasteiger charge is -2.17. The number of esters is 2. The molecule has 0 aliphatic carbocycles. The van der Waals surface area contributed by atoms with Crippen LogP contribution < -0.4 is 0 Å². The first-order chi connectivity index (χ1) is 23.1. The molecule has 250 valence electrons. The van der Waals surface area contributed by atoms with Gasteiger partial charge in [0.05, 0.1) is 35.2 Å². The molecule has 0 radical (unpaired) electrons. The summed E-state index contributed by atoms with van der Waals surface area (Å²) in [6.07, 6.45) is 1.05. The molecule has 0 saturated carbocycles. The van der Waals surface area contributed by atoms with Gasteiger partial charge in [-0.15, -0.1) is 23.5 Å². The fourth-order valence-electron chi connectivity index (χ4n) is 4.83. The second-order valence-electron chi connectivity index (χ2n) is 11.8. The molecule has 0 aromatic heterocycles. The third-order valence-electron chi connectivity index (χ3n) is 7.71. The molecule has 4 aromatic rings. The van der Waals surface area contributed by atoms with Crippen LogP contribution >= 0.6 is 23.5 Å². The van der Waals surface area contributed by atoms with E-state index in [0.717, 1.165) is 33.4 Å². The number of aryl methyl sites for hydroxylation is 4.